The maximum Gasteiger partial charge on any atom is 0.420 e. The largest absolute Gasteiger partial charge is 0.490 e. The predicted octanol–water partition coefficient (Wildman–Crippen LogP) is 4.78. The van der Waals surface area contributed by atoms with E-state index in [0.29, 0.717) is 11.8 Å². The van der Waals surface area contributed by atoms with Gasteiger partial charge in [-0.3, -0.25) is 0 Å². The van der Waals surface area contributed by atoms with E-state index in [1.807, 2.05) is 0 Å². The topological polar surface area (TPSA) is 33.0 Å². The number of hydrogen-bond donors (Lipinski definition) is 0. The summed E-state index contributed by atoms with van der Waals surface area (Å²) in [7, 11) is 0. The van der Waals surface area contributed by atoms with Crippen molar-refractivity contribution in [2.45, 2.75) is 45.4 Å². The second-order valence-corrected chi connectivity index (χ2v) is 5.98. The molecule has 0 N–H and O–H groups in total. The second kappa shape index (κ2) is 5.97. The van der Waals surface area contributed by atoms with Gasteiger partial charge in [-0.15, -0.1) is 0 Å². The summed E-state index contributed by atoms with van der Waals surface area (Å²) in [5.74, 6) is 0.728. The first-order chi connectivity index (χ1) is 9.79. The monoisotopic (exact) mass is 297 g/mol. The van der Waals surface area contributed by atoms with Gasteiger partial charge in [0.15, 0.2) is 0 Å². The summed E-state index contributed by atoms with van der Waals surface area (Å²) < 4.78 is 44.9. The molecule has 21 heavy (non-hydrogen) atoms. The fraction of sp³-hybridized carbons (Fsp3) is 0.562. The molecule has 2 atom stereocenters. The molecular weight excluding hydrogens is 279 g/mol. The van der Waals surface area contributed by atoms with Crippen LogP contribution in [0.3, 0.4) is 0 Å². The average molecular weight is 297 g/mol. The van der Waals surface area contributed by atoms with Crippen molar-refractivity contribution in [1.82, 2.24) is 0 Å². The molecule has 1 aromatic rings. The van der Waals surface area contributed by atoms with Crippen LogP contribution in [0.5, 0.6) is 5.75 Å². The van der Waals surface area contributed by atoms with Crippen LogP contribution in [-0.2, 0) is 6.18 Å². The first-order valence-corrected chi connectivity index (χ1v) is 7.07. The molecular formula is C16H18F3NO. The van der Waals surface area contributed by atoms with Crippen LogP contribution < -0.4 is 4.74 Å². The van der Waals surface area contributed by atoms with Crippen LogP contribution in [-0.4, -0.2) is 6.10 Å². The molecule has 1 saturated carbocycles. The van der Waals surface area contributed by atoms with E-state index >= 15 is 0 Å². The number of alkyl halides is 3. The average Bonchev–Trinajstić information content (AvgIpc) is 2.36. The van der Waals surface area contributed by atoms with E-state index < -0.39 is 11.7 Å². The number of hydrogen-bond acceptors (Lipinski definition) is 2. The highest BCUT2D eigenvalue weighted by molar-refractivity contribution is 5.43. The van der Waals surface area contributed by atoms with Crippen molar-refractivity contribution in [2.75, 3.05) is 0 Å². The summed E-state index contributed by atoms with van der Waals surface area (Å²) in [6.45, 7) is 4.19. The Kier molecular flexibility index (Phi) is 4.46. The maximum absolute atomic E-state index is 13.1. The molecule has 2 rings (SSSR count). The minimum absolute atomic E-state index is 0.0138. The van der Waals surface area contributed by atoms with Crippen LogP contribution in [0.4, 0.5) is 13.2 Å². The zero-order chi connectivity index (χ0) is 15.6. The Labute approximate surface area is 122 Å². The Bertz CT molecular complexity index is 537. The number of benzene rings is 1. The van der Waals surface area contributed by atoms with Gasteiger partial charge in [0, 0.05) is 0 Å². The Morgan fingerprint density at radius 3 is 2.29 bits per heavy atom. The minimum atomic E-state index is -4.52. The van der Waals surface area contributed by atoms with Crippen molar-refractivity contribution in [1.29, 1.82) is 5.26 Å². The predicted molar refractivity (Wildman–Crippen MR) is 72.8 cm³/mol. The highest BCUT2D eigenvalue weighted by atomic mass is 19.4. The third-order valence-electron chi connectivity index (χ3n) is 3.84. The van der Waals surface area contributed by atoms with Crippen molar-refractivity contribution in [3.05, 3.63) is 29.3 Å². The Morgan fingerprint density at radius 2 is 1.76 bits per heavy atom. The van der Waals surface area contributed by atoms with Gasteiger partial charge in [0.25, 0.3) is 0 Å². The number of nitrogens with zero attached hydrogens (tertiary/aromatic N) is 1. The summed E-state index contributed by atoms with van der Waals surface area (Å²) >= 11 is 0. The molecule has 0 amide bonds. The minimum Gasteiger partial charge on any atom is -0.490 e. The van der Waals surface area contributed by atoms with E-state index in [9.17, 15) is 13.2 Å². The molecule has 0 radical (unpaired) electrons. The van der Waals surface area contributed by atoms with Gasteiger partial charge in [0.1, 0.15) is 5.75 Å². The highest BCUT2D eigenvalue weighted by Gasteiger charge is 2.36. The molecule has 2 nitrogen and oxygen atoms in total. The smallest absolute Gasteiger partial charge is 0.420 e. The van der Waals surface area contributed by atoms with Crippen molar-refractivity contribution in [2.24, 2.45) is 11.8 Å². The quantitative estimate of drug-likeness (QED) is 0.787. The Hall–Kier alpha value is -1.70. The maximum atomic E-state index is 13.1. The van der Waals surface area contributed by atoms with Gasteiger partial charge >= 0.3 is 6.18 Å². The second-order valence-electron chi connectivity index (χ2n) is 5.98. The van der Waals surface area contributed by atoms with Gasteiger partial charge in [-0.2, -0.15) is 18.4 Å². The van der Waals surface area contributed by atoms with Crippen LogP contribution in [0.15, 0.2) is 18.2 Å². The Morgan fingerprint density at radius 1 is 1.14 bits per heavy atom. The highest BCUT2D eigenvalue weighted by Crippen LogP contribution is 2.39. The first kappa shape index (κ1) is 15.7. The lowest BCUT2D eigenvalue weighted by Crippen LogP contribution is -2.29. The van der Waals surface area contributed by atoms with Gasteiger partial charge in [0.05, 0.1) is 23.3 Å². The van der Waals surface area contributed by atoms with Crippen LogP contribution in [0, 0.1) is 23.2 Å². The zero-order valence-corrected chi connectivity index (χ0v) is 12.1. The van der Waals surface area contributed by atoms with Gasteiger partial charge < -0.3 is 4.74 Å². The molecule has 1 fully saturated rings. The number of halogens is 3. The standard InChI is InChI=1S/C16H18F3NO/c1-10-5-11(2)7-13(6-10)21-15-4-3-12(9-20)8-14(15)16(17,18)19/h3-4,8,10-11,13H,5-7H2,1-2H3. The van der Waals surface area contributed by atoms with E-state index in [2.05, 4.69) is 13.8 Å². The molecule has 0 saturated heterocycles. The molecule has 0 bridgehead atoms. The third-order valence-corrected chi connectivity index (χ3v) is 3.84. The van der Waals surface area contributed by atoms with Crippen molar-refractivity contribution in [3.8, 4) is 11.8 Å². The molecule has 1 aliphatic carbocycles. The summed E-state index contributed by atoms with van der Waals surface area (Å²) in [4.78, 5) is 0. The number of nitriles is 1. The van der Waals surface area contributed by atoms with Crippen LogP contribution in [0.1, 0.15) is 44.2 Å². The van der Waals surface area contributed by atoms with Crippen LogP contribution in [0.2, 0.25) is 0 Å². The molecule has 0 aliphatic heterocycles. The Balaban J connectivity index is 2.25. The van der Waals surface area contributed by atoms with E-state index in [0.717, 1.165) is 25.3 Å². The summed E-state index contributed by atoms with van der Waals surface area (Å²) in [6.07, 6.45) is -2.10. The lowest BCUT2D eigenvalue weighted by atomic mass is 9.82. The zero-order valence-electron chi connectivity index (χ0n) is 12.1. The fourth-order valence-electron chi connectivity index (χ4n) is 3.07. The van der Waals surface area contributed by atoms with E-state index in [1.165, 1.54) is 12.1 Å². The lowest BCUT2D eigenvalue weighted by molar-refractivity contribution is -0.139. The number of rotatable bonds is 2. The molecule has 0 aromatic heterocycles. The summed E-state index contributed by atoms with van der Waals surface area (Å²) in [5, 5.41) is 8.75. The summed E-state index contributed by atoms with van der Waals surface area (Å²) in [6, 6.07) is 5.20. The van der Waals surface area contributed by atoms with Gasteiger partial charge in [-0.1, -0.05) is 13.8 Å². The molecule has 2 unspecified atom stereocenters. The lowest BCUT2D eigenvalue weighted by Gasteiger charge is -2.32. The van der Waals surface area contributed by atoms with Crippen molar-refractivity contribution in [3.63, 3.8) is 0 Å². The molecule has 114 valence electrons. The van der Waals surface area contributed by atoms with Crippen LogP contribution >= 0.6 is 0 Å². The van der Waals surface area contributed by atoms with E-state index in [-0.39, 0.29) is 17.4 Å². The van der Waals surface area contributed by atoms with E-state index in [1.54, 1.807) is 6.07 Å². The van der Waals surface area contributed by atoms with E-state index in [4.69, 9.17) is 10.00 Å². The fourth-order valence-corrected chi connectivity index (χ4v) is 3.07. The molecule has 1 aromatic carbocycles. The first-order valence-electron chi connectivity index (χ1n) is 7.07. The number of ether oxygens (including phenoxy) is 1. The molecule has 1 aliphatic rings. The third kappa shape index (κ3) is 3.90. The van der Waals surface area contributed by atoms with Crippen molar-refractivity contribution >= 4 is 0 Å². The molecule has 0 spiro atoms. The van der Waals surface area contributed by atoms with Crippen molar-refractivity contribution < 1.29 is 17.9 Å². The van der Waals surface area contributed by atoms with Gasteiger partial charge in [-0.25, -0.2) is 0 Å². The normalized spacial score (nSPS) is 26.2. The molecule has 0 heterocycles. The summed E-state index contributed by atoms with van der Waals surface area (Å²) in [5.41, 5.74) is -0.882. The van der Waals surface area contributed by atoms with Crippen LogP contribution in [0.25, 0.3) is 0 Å². The SMILES string of the molecule is CC1CC(C)CC(Oc2ccc(C#N)cc2C(F)(F)F)C1. The van der Waals surface area contributed by atoms with Gasteiger partial charge in [0.2, 0.25) is 0 Å². The molecule has 5 heteroatoms. The van der Waals surface area contributed by atoms with Gasteiger partial charge in [-0.05, 0) is 49.3 Å².